The molecule has 0 unspecified atom stereocenters. The summed E-state index contributed by atoms with van der Waals surface area (Å²) in [6.07, 6.45) is 3.28. The van der Waals surface area contributed by atoms with Gasteiger partial charge in [-0.25, -0.2) is 9.78 Å². The first-order valence-corrected chi connectivity index (χ1v) is 9.44. The lowest BCUT2D eigenvalue weighted by Crippen LogP contribution is -2.01. The molecule has 1 N–H and O–H groups in total. The fourth-order valence-electron chi connectivity index (χ4n) is 2.57. The minimum absolute atomic E-state index is 0.424. The minimum atomic E-state index is -0.424. The molecule has 2 heterocycles. The molecule has 2 aromatic carbocycles. The van der Waals surface area contributed by atoms with Crippen LogP contribution in [-0.2, 0) is 0 Å². The van der Waals surface area contributed by atoms with E-state index in [2.05, 4.69) is 15.5 Å². The number of hydrogen-bond donors (Lipinski definition) is 1. The van der Waals surface area contributed by atoms with Gasteiger partial charge in [-0.1, -0.05) is 22.9 Å². The van der Waals surface area contributed by atoms with E-state index < -0.39 is 5.63 Å². The molecule has 0 amide bonds. The summed E-state index contributed by atoms with van der Waals surface area (Å²) >= 11 is 7.33. The Balaban J connectivity index is 1.54. The van der Waals surface area contributed by atoms with Gasteiger partial charge in [0.15, 0.2) is 0 Å². The lowest BCUT2D eigenvalue weighted by molar-refractivity contribution is 0.415. The van der Waals surface area contributed by atoms with Crippen molar-refractivity contribution in [1.29, 1.82) is 0 Å². The number of thiazole rings is 1. The van der Waals surface area contributed by atoms with Gasteiger partial charge in [0.2, 0.25) is 5.13 Å². The zero-order valence-corrected chi connectivity index (χ0v) is 16.3. The molecule has 0 bridgehead atoms. The molecule has 0 radical (unpaired) electrons. The standard InChI is InChI=1S/C20H14ClN3O3S/c1-26-15-5-2-12(3-6-15)10-23-24-20-22-11-18(28-20)16-9-13-8-14(21)4-7-17(13)27-19(16)25/h2-11H,1H3,(H,22,24)/b23-10-. The van der Waals surface area contributed by atoms with Gasteiger partial charge in [0.1, 0.15) is 11.3 Å². The second-order valence-electron chi connectivity index (χ2n) is 5.80. The molecule has 0 aliphatic heterocycles. The lowest BCUT2D eigenvalue weighted by atomic mass is 10.2. The number of nitrogens with zero attached hydrogens (tertiary/aromatic N) is 2. The molecule has 0 saturated carbocycles. The van der Waals surface area contributed by atoms with E-state index in [0.29, 0.717) is 26.2 Å². The summed E-state index contributed by atoms with van der Waals surface area (Å²) in [7, 11) is 1.62. The first-order chi connectivity index (χ1) is 13.6. The Labute approximate surface area is 169 Å². The monoisotopic (exact) mass is 411 g/mol. The largest absolute Gasteiger partial charge is 0.497 e. The number of aromatic nitrogens is 1. The van der Waals surface area contributed by atoms with Crippen LogP contribution in [0.4, 0.5) is 5.13 Å². The Kier molecular flexibility index (Phi) is 5.10. The number of ether oxygens (including phenoxy) is 1. The van der Waals surface area contributed by atoms with Gasteiger partial charge < -0.3 is 9.15 Å². The van der Waals surface area contributed by atoms with Crippen LogP contribution in [0.5, 0.6) is 5.75 Å². The number of benzene rings is 2. The second kappa shape index (κ2) is 7.84. The fourth-order valence-corrected chi connectivity index (χ4v) is 3.52. The predicted octanol–water partition coefficient (Wildman–Crippen LogP) is 5.02. The van der Waals surface area contributed by atoms with Crippen molar-refractivity contribution in [1.82, 2.24) is 4.98 Å². The van der Waals surface area contributed by atoms with Crippen LogP contribution in [0.25, 0.3) is 21.4 Å². The number of nitrogens with one attached hydrogen (secondary N) is 1. The zero-order chi connectivity index (χ0) is 19.5. The van der Waals surface area contributed by atoms with Gasteiger partial charge in [0, 0.05) is 16.6 Å². The first kappa shape index (κ1) is 18.2. The average Bonchev–Trinajstić information content (AvgIpc) is 3.17. The molecule has 0 aliphatic carbocycles. The summed E-state index contributed by atoms with van der Waals surface area (Å²) in [4.78, 5) is 17.2. The number of hydrazone groups is 1. The average molecular weight is 412 g/mol. The van der Waals surface area contributed by atoms with Crippen LogP contribution in [0.15, 0.2) is 69.0 Å². The molecule has 4 rings (SSSR count). The van der Waals surface area contributed by atoms with E-state index in [4.69, 9.17) is 20.8 Å². The van der Waals surface area contributed by atoms with Crippen LogP contribution in [0.2, 0.25) is 5.02 Å². The number of fused-ring (bicyclic) bond motifs is 1. The van der Waals surface area contributed by atoms with Crippen molar-refractivity contribution in [3.05, 3.63) is 75.7 Å². The van der Waals surface area contributed by atoms with Gasteiger partial charge in [-0.3, -0.25) is 5.43 Å². The van der Waals surface area contributed by atoms with Gasteiger partial charge in [-0.15, -0.1) is 0 Å². The molecule has 8 heteroatoms. The highest BCUT2D eigenvalue weighted by Crippen LogP contribution is 2.29. The molecule has 0 fully saturated rings. The van der Waals surface area contributed by atoms with E-state index in [0.717, 1.165) is 16.7 Å². The SMILES string of the molecule is COc1ccc(/C=N\Nc2ncc(-c3cc4cc(Cl)ccc4oc3=O)s2)cc1. The number of rotatable bonds is 5. The van der Waals surface area contributed by atoms with Crippen molar-refractivity contribution >= 4 is 45.3 Å². The zero-order valence-electron chi connectivity index (χ0n) is 14.7. The van der Waals surface area contributed by atoms with Crippen molar-refractivity contribution in [2.45, 2.75) is 0 Å². The van der Waals surface area contributed by atoms with Crippen LogP contribution < -0.4 is 15.8 Å². The highest BCUT2D eigenvalue weighted by atomic mass is 35.5. The number of hydrogen-bond acceptors (Lipinski definition) is 7. The molecular formula is C20H14ClN3O3S. The molecule has 4 aromatic rings. The van der Waals surface area contributed by atoms with Crippen molar-refractivity contribution in [3.8, 4) is 16.2 Å². The molecule has 140 valence electrons. The summed E-state index contributed by atoms with van der Waals surface area (Å²) < 4.78 is 10.5. The van der Waals surface area contributed by atoms with Crippen LogP contribution in [-0.4, -0.2) is 18.3 Å². The van der Waals surface area contributed by atoms with E-state index in [9.17, 15) is 4.79 Å². The number of halogens is 1. The molecule has 0 spiro atoms. The highest BCUT2D eigenvalue weighted by Gasteiger charge is 2.11. The number of anilines is 1. The van der Waals surface area contributed by atoms with E-state index in [1.807, 2.05) is 24.3 Å². The third-order valence-corrected chi connectivity index (χ3v) is 5.13. The summed E-state index contributed by atoms with van der Waals surface area (Å²) in [5.74, 6) is 0.783. The molecule has 28 heavy (non-hydrogen) atoms. The Bertz CT molecular complexity index is 1220. The first-order valence-electron chi connectivity index (χ1n) is 8.25. The molecule has 6 nitrogen and oxygen atoms in total. The van der Waals surface area contributed by atoms with Crippen LogP contribution >= 0.6 is 22.9 Å². The number of methoxy groups -OCH3 is 1. The van der Waals surface area contributed by atoms with E-state index in [-0.39, 0.29) is 0 Å². The maximum Gasteiger partial charge on any atom is 0.345 e. The van der Waals surface area contributed by atoms with Gasteiger partial charge >= 0.3 is 5.63 Å². The van der Waals surface area contributed by atoms with Gasteiger partial charge in [-0.05, 0) is 54.1 Å². The third-order valence-electron chi connectivity index (χ3n) is 3.96. The van der Waals surface area contributed by atoms with E-state index >= 15 is 0 Å². The molecule has 0 atom stereocenters. The smallest absolute Gasteiger partial charge is 0.345 e. The minimum Gasteiger partial charge on any atom is -0.497 e. The Morgan fingerprint density at radius 1 is 1.21 bits per heavy atom. The summed E-state index contributed by atoms with van der Waals surface area (Å²) in [6, 6.07) is 14.4. The Hall–Kier alpha value is -3.16. The Morgan fingerprint density at radius 3 is 2.82 bits per heavy atom. The van der Waals surface area contributed by atoms with Crippen molar-refractivity contribution in [3.63, 3.8) is 0 Å². The van der Waals surface area contributed by atoms with Gasteiger partial charge in [-0.2, -0.15) is 5.10 Å². The van der Waals surface area contributed by atoms with E-state index in [1.54, 1.807) is 43.8 Å². The van der Waals surface area contributed by atoms with Crippen LogP contribution in [0, 0.1) is 0 Å². The van der Waals surface area contributed by atoms with Gasteiger partial charge in [0.25, 0.3) is 0 Å². The molecule has 2 aromatic heterocycles. The molecule has 0 saturated heterocycles. The third kappa shape index (κ3) is 3.90. The fraction of sp³-hybridized carbons (Fsp3) is 0.0500. The van der Waals surface area contributed by atoms with E-state index in [1.165, 1.54) is 11.3 Å². The van der Waals surface area contributed by atoms with Gasteiger partial charge in [0.05, 0.1) is 23.8 Å². The predicted molar refractivity (Wildman–Crippen MR) is 113 cm³/mol. The second-order valence-corrected chi connectivity index (χ2v) is 7.27. The Morgan fingerprint density at radius 2 is 2.04 bits per heavy atom. The lowest BCUT2D eigenvalue weighted by Gasteiger charge is -2.00. The highest BCUT2D eigenvalue weighted by molar-refractivity contribution is 7.18. The maximum atomic E-state index is 12.3. The van der Waals surface area contributed by atoms with Crippen LogP contribution in [0.1, 0.15) is 5.56 Å². The van der Waals surface area contributed by atoms with Crippen molar-refractivity contribution < 1.29 is 9.15 Å². The van der Waals surface area contributed by atoms with Crippen LogP contribution in [0.3, 0.4) is 0 Å². The van der Waals surface area contributed by atoms with Crippen molar-refractivity contribution in [2.75, 3.05) is 12.5 Å². The summed E-state index contributed by atoms with van der Waals surface area (Å²) in [5, 5.41) is 6.06. The maximum absolute atomic E-state index is 12.3. The normalized spacial score (nSPS) is 11.2. The molecule has 0 aliphatic rings. The summed E-state index contributed by atoms with van der Waals surface area (Å²) in [5.41, 5.74) is 4.28. The molecular weight excluding hydrogens is 398 g/mol. The summed E-state index contributed by atoms with van der Waals surface area (Å²) in [6.45, 7) is 0. The quantitative estimate of drug-likeness (QED) is 0.283. The topological polar surface area (TPSA) is 76.7 Å². The van der Waals surface area contributed by atoms with Crippen molar-refractivity contribution in [2.24, 2.45) is 5.10 Å².